The number of fused-ring (bicyclic) bond motifs is 3. The molecule has 0 spiro atoms. The van der Waals surface area contributed by atoms with Crippen LogP contribution in [0.25, 0.3) is 21.5 Å². The Bertz CT molecular complexity index is 1490. The molecular weight excluding hydrogens is 469 g/mol. The number of nitrogens with two attached hydrogens (primary N) is 1. The van der Waals surface area contributed by atoms with E-state index in [9.17, 15) is 9.36 Å². The van der Waals surface area contributed by atoms with Crippen molar-refractivity contribution >= 4 is 41.1 Å². The summed E-state index contributed by atoms with van der Waals surface area (Å²) in [6, 6.07) is 25.9. The van der Waals surface area contributed by atoms with E-state index in [0.717, 1.165) is 21.6 Å². The molecule has 36 heavy (non-hydrogen) atoms. The number of carbonyl (C=O) groups excluding carboxylic acids is 1. The van der Waals surface area contributed by atoms with Crippen molar-refractivity contribution in [3.05, 3.63) is 107 Å². The first kappa shape index (κ1) is 28.3. The lowest BCUT2D eigenvalue weighted by Crippen LogP contribution is -1.93. The molecule has 0 bridgehead atoms. The lowest BCUT2D eigenvalue weighted by Gasteiger charge is -2.04. The van der Waals surface area contributed by atoms with Gasteiger partial charge in [-0.05, 0) is 66.8 Å². The molecular formula is C30H33NO4P+. The molecule has 5 rings (SSSR count). The van der Waals surface area contributed by atoms with E-state index >= 15 is 0 Å². The summed E-state index contributed by atoms with van der Waals surface area (Å²) in [5, 5.41) is 11.7. The van der Waals surface area contributed by atoms with Crippen LogP contribution >= 0.6 is 7.65 Å². The Hall–Kier alpha value is -3.95. The second-order valence-corrected chi connectivity index (χ2v) is 9.03. The average molecular weight is 503 g/mol. The SMILES string of the molecule is CC.Cc1cc(C)c(N)c(C)c1.O=Cc1ccccc1O.O=[p+]1oc2ccccc2c2ccccc21. The maximum atomic E-state index is 11.8. The quantitative estimate of drug-likeness (QED) is 0.136. The summed E-state index contributed by atoms with van der Waals surface area (Å²) in [6.45, 7) is 10.2. The van der Waals surface area contributed by atoms with Gasteiger partial charge in [0, 0.05) is 16.5 Å². The van der Waals surface area contributed by atoms with Crippen molar-refractivity contribution in [2.45, 2.75) is 34.6 Å². The zero-order chi connectivity index (χ0) is 26.7. The largest absolute Gasteiger partial charge is 0.597 e. The molecule has 5 nitrogen and oxygen atoms in total. The number of carbonyl (C=O) groups is 1. The molecule has 5 aromatic rings. The van der Waals surface area contributed by atoms with Crippen molar-refractivity contribution in [3.63, 3.8) is 0 Å². The highest BCUT2D eigenvalue weighted by Gasteiger charge is 2.14. The summed E-state index contributed by atoms with van der Waals surface area (Å²) in [6.07, 6.45) is 0.620. The van der Waals surface area contributed by atoms with Gasteiger partial charge in [-0.25, -0.2) is 4.20 Å². The van der Waals surface area contributed by atoms with Crippen LogP contribution in [0.3, 0.4) is 0 Å². The van der Waals surface area contributed by atoms with Crippen LogP contribution in [0.2, 0.25) is 0 Å². The Labute approximate surface area is 213 Å². The average Bonchev–Trinajstić information content (AvgIpc) is 2.90. The van der Waals surface area contributed by atoms with Gasteiger partial charge in [-0.1, -0.05) is 74.0 Å². The monoisotopic (exact) mass is 502 g/mol. The van der Waals surface area contributed by atoms with Crippen LogP contribution in [0, 0.1) is 20.8 Å². The number of benzene rings is 4. The van der Waals surface area contributed by atoms with E-state index in [4.69, 9.17) is 15.0 Å². The van der Waals surface area contributed by atoms with Gasteiger partial charge in [0.15, 0.2) is 11.9 Å². The van der Waals surface area contributed by atoms with Crippen molar-refractivity contribution in [2.24, 2.45) is 0 Å². The van der Waals surface area contributed by atoms with Gasteiger partial charge in [0.1, 0.15) is 5.75 Å². The number of aryl methyl sites for hydroxylation is 3. The molecule has 6 heteroatoms. The van der Waals surface area contributed by atoms with Gasteiger partial charge in [0.05, 0.1) is 5.56 Å². The highest BCUT2D eigenvalue weighted by molar-refractivity contribution is 7.37. The van der Waals surface area contributed by atoms with Crippen molar-refractivity contribution in [1.29, 1.82) is 0 Å². The summed E-state index contributed by atoms with van der Waals surface area (Å²) in [5.41, 5.74) is 11.3. The van der Waals surface area contributed by atoms with Crippen LogP contribution in [0.4, 0.5) is 5.69 Å². The van der Waals surface area contributed by atoms with E-state index < -0.39 is 7.65 Å². The van der Waals surface area contributed by atoms with Crippen molar-refractivity contribution in [2.75, 3.05) is 5.73 Å². The molecule has 0 saturated heterocycles. The van der Waals surface area contributed by atoms with E-state index in [0.29, 0.717) is 17.4 Å². The molecule has 0 aliphatic rings. The third-order valence-corrected chi connectivity index (χ3v) is 6.41. The first-order chi connectivity index (χ1) is 17.3. The number of phenols is 1. The number of rotatable bonds is 1. The second kappa shape index (κ2) is 13.8. The lowest BCUT2D eigenvalue weighted by molar-refractivity contribution is 0.112. The minimum Gasteiger partial charge on any atom is -0.507 e. The zero-order valence-electron chi connectivity index (χ0n) is 21.4. The summed E-state index contributed by atoms with van der Waals surface area (Å²) in [4.78, 5) is 10.1. The number of nitrogen functional groups attached to an aromatic ring is 1. The fraction of sp³-hybridized carbons (Fsp3) is 0.167. The minimum absolute atomic E-state index is 0.0347. The Kier molecular flexibility index (Phi) is 10.9. The predicted molar refractivity (Wildman–Crippen MR) is 151 cm³/mol. The fourth-order valence-electron chi connectivity index (χ4n) is 3.55. The number of phenolic OH excluding ortho intramolecular Hbond substituents is 1. The van der Waals surface area contributed by atoms with Crippen LogP contribution in [-0.2, 0) is 4.57 Å². The van der Waals surface area contributed by atoms with Gasteiger partial charge in [-0.3, -0.25) is 4.79 Å². The maximum Gasteiger partial charge on any atom is 0.597 e. The van der Waals surface area contributed by atoms with Gasteiger partial charge in [-0.15, -0.1) is 0 Å². The smallest absolute Gasteiger partial charge is 0.507 e. The fourth-order valence-corrected chi connectivity index (χ4v) is 4.58. The highest BCUT2D eigenvalue weighted by atomic mass is 31.1. The number of hydrogen-bond donors (Lipinski definition) is 2. The van der Waals surface area contributed by atoms with Crippen molar-refractivity contribution in [1.82, 2.24) is 0 Å². The molecule has 0 saturated carbocycles. The van der Waals surface area contributed by atoms with Crippen molar-refractivity contribution < 1.29 is 18.7 Å². The van der Waals surface area contributed by atoms with Gasteiger partial charge in [-0.2, -0.15) is 0 Å². The first-order valence-corrected chi connectivity index (χ1v) is 12.9. The van der Waals surface area contributed by atoms with Crippen LogP contribution in [0.5, 0.6) is 5.75 Å². The number of hydrogen-bond acceptors (Lipinski definition) is 5. The highest BCUT2D eigenvalue weighted by Crippen LogP contribution is 2.34. The van der Waals surface area contributed by atoms with Crippen LogP contribution in [-0.4, -0.2) is 11.4 Å². The number of aromatic hydroxyl groups is 1. The Morgan fingerprint density at radius 3 is 1.92 bits per heavy atom. The number of para-hydroxylation sites is 2. The second-order valence-electron chi connectivity index (χ2n) is 7.85. The minimum atomic E-state index is -1.74. The summed E-state index contributed by atoms with van der Waals surface area (Å²) >= 11 is 0. The summed E-state index contributed by atoms with van der Waals surface area (Å²) in [7, 11) is -1.74. The first-order valence-electron chi connectivity index (χ1n) is 11.7. The van der Waals surface area contributed by atoms with E-state index in [1.807, 2.05) is 76.2 Å². The molecule has 0 fully saturated rings. The predicted octanol–water partition coefficient (Wildman–Crippen LogP) is 8.75. The zero-order valence-corrected chi connectivity index (χ0v) is 22.3. The lowest BCUT2D eigenvalue weighted by atomic mass is 10.1. The molecule has 4 aromatic carbocycles. The van der Waals surface area contributed by atoms with Gasteiger partial charge in [0.25, 0.3) is 0 Å². The topological polar surface area (TPSA) is 93.5 Å². The van der Waals surface area contributed by atoms with Gasteiger partial charge >= 0.3 is 7.65 Å². The Morgan fingerprint density at radius 2 is 1.33 bits per heavy atom. The van der Waals surface area contributed by atoms with Crippen molar-refractivity contribution in [3.8, 4) is 5.75 Å². The number of aldehydes is 1. The van der Waals surface area contributed by atoms with Crippen LogP contribution < -0.4 is 5.73 Å². The van der Waals surface area contributed by atoms with E-state index in [1.165, 1.54) is 22.8 Å². The molecule has 0 amide bonds. The molecule has 1 aromatic heterocycles. The summed E-state index contributed by atoms with van der Waals surface area (Å²) in [5.74, 6) is 0.0347. The molecule has 0 aliphatic carbocycles. The molecule has 1 heterocycles. The maximum absolute atomic E-state index is 11.8. The van der Waals surface area contributed by atoms with E-state index in [2.05, 4.69) is 19.1 Å². The summed E-state index contributed by atoms with van der Waals surface area (Å²) < 4.78 is 17.1. The molecule has 3 N–H and O–H groups in total. The molecule has 0 radical (unpaired) electrons. The third-order valence-electron chi connectivity index (χ3n) is 5.26. The Balaban J connectivity index is 0.000000192. The van der Waals surface area contributed by atoms with Crippen LogP contribution in [0.1, 0.15) is 40.9 Å². The van der Waals surface area contributed by atoms with Crippen LogP contribution in [0.15, 0.2) is 89.1 Å². The third kappa shape index (κ3) is 7.27. The van der Waals surface area contributed by atoms with E-state index in [1.54, 1.807) is 18.2 Å². The molecule has 1 atom stereocenters. The Morgan fingerprint density at radius 1 is 0.806 bits per heavy atom. The molecule has 186 valence electrons. The van der Waals surface area contributed by atoms with Gasteiger partial charge in [0.2, 0.25) is 5.12 Å². The van der Waals surface area contributed by atoms with E-state index in [-0.39, 0.29) is 5.75 Å². The van der Waals surface area contributed by atoms with Gasteiger partial charge < -0.3 is 10.8 Å². The molecule has 1 unspecified atom stereocenters. The standard InChI is InChI=1S/C12H8O2P.C9H13N.C7H6O2.C2H6/c13-15-12-8-4-2-6-10(12)9-5-1-3-7-11(9)14-15;1-6-4-7(2)9(10)8(3)5-6;8-5-6-3-1-2-4-7(6)9;1-2/h1-8H;4-5H,10H2,1-3H3;1-5,9H;1-2H3/q+1;;;. The normalized spacial score (nSPS) is 10.2. The number of anilines is 1. The molecule has 0 aliphatic heterocycles.